The summed E-state index contributed by atoms with van der Waals surface area (Å²) in [4.78, 5) is 11.6. The van der Waals surface area contributed by atoms with Crippen LogP contribution in [0.5, 0.6) is 5.75 Å². The van der Waals surface area contributed by atoms with Gasteiger partial charge in [0.1, 0.15) is 5.75 Å². The molecule has 4 aromatic rings. The van der Waals surface area contributed by atoms with Crippen LogP contribution in [0.4, 0.5) is 0 Å². The Balaban J connectivity index is 0.000000726. The Labute approximate surface area is 197 Å². The number of para-hydroxylation sites is 1. The Bertz CT molecular complexity index is 843. The topological polar surface area (TPSA) is 103 Å². The molecule has 0 aliphatic heterocycles. The van der Waals surface area contributed by atoms with E-state index >= 15 is 0 Å². The van der Waals surface area contributed by atoms with E-state index < -0.39 is 8.32 Å². The number of phenols is 1. The molecule has 0 saturated carbocycles. The molecule has 0 saturated heterocycles. The van der Waals surface area contributed by atoms with Crippen LogP contribution in [0.25, 0.3) is 0 Å². The maximum absolute atomic E-state index is 11.6. The van der Waals surface area contributed by atoms with Crippen LogP contribution in [0.1, 0.15) is 0 Å². The predicted octanol–water partition coefficient (Wildman–Crippen LogP) is 1.39. The fourth-order valence-corrected chi connectivity index (χ4v) is 5.99. The molecule has 0 aromatic heterocycles. The molecule has 0 atom stereocenters. The average Bonchev–Trinajstić information content (AvgIpc) is 2.76. The first-order chi connectivity index (χ1) is 13.2. The van der Waals surface area contributed by atoms with Crippen molar-refractivity contribution in [2.75, 3.05) is 0 Å². The first-order valence-electron chi connectivity index (χ1n) is 8.84. The standard InChI is InChI=1S/C18H16OSi.C6H6O.2H2O.Zr/c19-20(16-10-4-1-5-11-16,17-12-6-2-7-13-17)18-14-8-3-9-15-18;7-6-4-2-1-3-5-6;;;/h1-15,19H;1-5,7H;2*1H2;. The Morgan fingerprint density at radius 2 is 0.667 bits per heavy atom. The zero-order valence-corrected chi connectivity index (χ0v) is 19.9. The van der Waals surface area contributed by atoms with E-state index in [0.717, 1.165) is 15.6 Å². The van der Waals surface area contributed by atoms with Crippen molar-refractivity contribution in [1.29, 1.82) is 0 Å². The molecule has 6 N–H and O–H groups in total. The Kier molecular flexibility index (Phi) is 12.7. The third-order valence-electron chi connectivity index (χ3n) is 4.33. The zero-order valence-electron chi connectivity index (χ0n) is 16.4. The molecule has 154 valence electrons. The second-order valence-electron chi connectivity index (χ2n) is 6.14. The predicted molar refractivity (Wildman–Crippen MR) is 122 cm³/mol. The van der Waals surface area contributed by atoms with Crippen LogP contribution in [-0.4, -0.2) is 29.2 Å². The van der Waals surface area contributed by atoms with Gasteiger partial charge in [-0.25, -0.2) is 0 Å². The fraction of sp³-hybridized carbons (Fsp3) is 0. The molecule has 4 nitrogen and oxygen atoms in total. The molecule has 0 heterocycles. The number of rotatable bonds is 3. The van der Waals surface area contributed by atoms with E-state index in [9.17, 15) is 4.80 Å². The molecule has 30 heavy (non-hydrogen) atoms. The number of benzene rings is 4. The Morgan fingerprint density at radius 3 is 0.867 bits per heavy atom. The largest absolute Gasteiger partial charge is 0.508 e. The van der Waals surface area contributed by atoms with Crippen LogP contribution in [-0.2, 0) is 26.2 Å². The summed E-state index contributed by atoms with van der Waals surface area (Å²) in [7, 11) is -2.88. The van der Waals surface area contributed by atoms with Gasteiger partial charge < -0.3 is 20.9 Å². The van der Waals surface area contributed by atoms with Gasteiger partial charge >= 0.3 is 0 Å². The van der Waals surface area contributed by atoms with Crippen molar-refractivity contribution in [3.63, 3.8) is 0 Å². The minimum atomic E-state index is -2.88. The number of aromatic hydroxyl groups is 1. The second kappa shape index (κ2) is 13.8. The van der Waals surface area contributed by atoms with E-state index in [-0.39, 0.29) is 37.2 Å². The Hall–Kier alpha value is -2.34. The van der Waals surface area contributed by atoms with Gasteiger partial charge in [0.25, 0.3) is 8.32 Å². The van der Waals surface area contributed by atoms with E-state index in [1.807, 2.05) is 97.1 Å². The Morgan fingerprint density at radius 1 is 0.433 bits per heavy atom. The van der Waals surface area contributed by atoms with Gasteiger partial charge in [0, 0.05) is 26.2 Å². The summed E-state index contributed by atoms with van der Waals surface area (Å²) >= 11 is 0. The molecular weight excluding hydrogens is 472 g/mol. The molecule has 0 unspecified atom stereocenters. The van der Waals surface area contributed by atoms with Gasteiger partial charge in [-0.1, -0.05) is 109 Å². The average molecular weight is 498 g/mol. The van der Waals surface area contributed by atoms with Gasteiger partial charge in [-0.15, -0.1) is 0 Å². The van der Waals surface area contributed by atoms with Crippen molar-refractivity contribution >= 4 is 23.9 Å². The second-order valence-corrected chi connectivity index (χ2v) is 9.30. The van der Waals surface area contributed by atoms with Crippen molar-refractivity contribution in [2.45, 2.75) is 0 Å². The van der Waals surface area contributed by atoms with Crippen LogP contribution in [0, 0.1) is 0 Å². The summed E-state index contributed by atoms with van der Waals surface area (Å²) in [5, 5.41) is 11.7. The van der Waals surface area contributed by atoms with E-state index in [0.29, 0.717) is 5.75 Å². The minimum absolute atomic E-state index is 0. The first kappa shape index (κ1) is 27.7. The van der Waals surface area contributed by atoms with Crippen molar-refractivity contribution in [2.24, 2.45) is 0 Å². The van der Waals surface area contributed by atoms with Gasteiger partial charge in [-0.3, -0.25) is 0 Å². The zero-order chi connectivity index (χ0) is 19.0. The maximum atomic E-state index is 11.6. The fourth-order valence-electron chi connectivity index (χ4n) is 2.97. The molecule has 0 bridgehead atoms. The minimum Gasteiger partial charge on any atom is -0.508 e. The summed E-state index contributed by atoms with van der Waals surface area (Å²) in [5.41, 5.74) is 0. The molecule has 0 fully saturated rings. The molecule has 6 heteroatoms. The molecule has 0 radical (unpaired) electrons. The van der Waals surface area contributed by atoms with Gasteiger partial charge in [-0.05, 0) is 27.7 Å². The molecule has 0 aliphatic carbocycles. The van der Waals surface area contributed by atoms with Crippen molar-refractivity contribution in [1.82, 2.24) is 0 Å². The van der Waals surface area contributed by atoms with E-state index in [1.54, 1.807) is 24.3 Å². The van der Waals surface area contributed by atoms with Crippen LogP contribution < -0.4 is 15.6 Å². The van der Waals surface area contributed by atoms with E-state index in [2.05, 4.69) is 0 Å². The van der Waals surface area contributed by atoms with Gasteiger partial charge in [0.05, 0.1) is 0 Å². The monoisotopic (exact) mass is 496 g/mol. The van der Waals surface area contributed by atoms with Gasteiger partial charge in [0.2, 0.25) is 0 Å². The normalized spacial score (nSPS) is 9.50. The van der Waals surface area contributed by atoms with E-state index in [4.69, 9.17) is 5.11 Å². The summed E-state index contributed by atoms with van der Waals surface area (Å²) in [5.74, 6) is 0.322. The third-order valence-corrected chi connectivity index (χ3v) is 7.84. The van der Waals surface area contributed by atoms with Crippen LogP contribution in [0.3, 0.4) is 0 Å². The third kappa shape index (κ3) is 6.87. The first-order valence-corrected chi connectivity index (χ1v) is 10.8. The van der Waals surface area contributed by atoms with Gasteiger partial charge in [-0.2, -0.15) is 0 Å². The molecule has 4 rings (SSSR count). The van der Waals surface area contributed by atoms with Crippen LogP contribution in [0.15, 0.2) is 121 Å². The SMILES string of the molecule is O.O.O[Si](c1ccccc1)(c1ccccc1)c1ccccc1.Oc1ccccc1.[Zr]. The summed E-state index contributed by atoms with van der Waals surface area (Å²) in [6, 6.07) is 38.7. The van der Waals surface area contributed by atoms with Gasteiger partial charge in [0.15, 0.2) is 0 Å². The number of hydrogen-bond donors (Lipinski definition) is 2. The van der Waals surface area contributed by atoms with Crippen molar-refractivity contribution in [3.05, 3.63) is 121 Å². The van der Waals surface area contributed by atoms with Crippen molar-refractivity contribution < 1.29 is 47.1 Å². The smallest absolute Gasteiger partial charge is 0.285 e. The molecule has 0 aliphatic rings. The molecule has 0 amide bonds. The summed E-state index contributed by atoms with van der Waals surface area (Å²) in [6.45, 7) is 0. The summed E-state index contributed by atoms with van der Waals surface area (Å²) in [6.07, 6.45) is 0. The number of phenolic OH excluding ortho intramolecular Hbond substituents is 1. The van der Waals surface area contributed by atoms with E-state index in [1.165, 1.54) is 0 Å². The number of hydrogen-bond acceptors (Lipinski definition) is 2. The molecule has 0 spiro atoms. The molecule has 4 aromatic carbocycles. The summed E-state index contributed by atoms with van der Waals surface area (Å²) < 4.78 is 0. The van der Waals surface area contributed by atoms with Crippen LogP contribution in [0.2, 0.25) is 0 Å². The quantitative estimate of drug-likeness (QED) is 0.330. The van der Waals surface area contributed by atoms with Crippen molar-refractivity contribution in [3.8, 4) is 5.75 Å². The maximum Gasteiger partial charge on any atom is 0.285 e. The van der Waals surface area contributed by atoms with Crippen LogP contribution >= 0.6 is 0 Å². The molecular formula is C24H26O4SiZr.